The highest BCUT2D eigenvalue weighted by Gasteiger charge is 2.26. The summed E-state index contributed by atoms with van der Waals surface area (Å²) in [6, 6.07) is 9.54. The fraction of sp³-hybridized carbons (Fsp3) is 0.286. The van der Waals surface area contributed by atoms with E-state index < -0.39 is 5.41 Å². The first-order valence-corrected chi connectivity index (χ1v) is 6.29. The van der Waals surface area contributed by atoms with E-state index >= 15 is 0 Å². The van der Waals surface area contributed by atoms with Gasteiger partial charge in [0.25, 0.3) is 0 Å². The van der Waals surface area contributed by atoms with Crippen molar-refractivity contribution in [3.63, 3.8) is 0 Å². The number of fused-ring (bicyclic) bond motifs is 1. The van der Waals surface area contributed by atoms with E-state index in [1.54, 1.807) is 6.20 Å². The molecule has 1 aromatic carbocycles. The van der Waals surface area contributed by atoms with Crippen molar-refractivity contribution in [2.24, 2.45) is 5.41 Å². The molecule has 0 radical (unpaired) electrons. The van der Waals surface area contributed by atoms with Gasteiger partial charge in [-0.05, 0) is 26.0 Å². The minimum absolute atomic E-state index is 0.101. The summed E-state index contributed by atoms with van der Waals surface area (Å²) in [6.45, 7) is 3.63. The molecular weight excluding hydrogens is 248 g/mol. The summed E-state index contributed by atoms with van der Waals surface area (Å²) >= 11 is 5.80. The molecule has 18 heavy (non-hydrogen) atoms. The molecule has 1 N–H and O–H groups in total. The second-order valence-corrected chi connectivity index (χ2v) is 5.12. The summed E-state index contributed by atoms with van der Waals surface area (Å²) in [5.41, 5.74) is 0.911. The molecule has 2 rings (SSSR count). The Balaban J connectivity index is 2.36. The molecule has 0 unspecified atom stereocenters. The van der Waals surface area contributed by atoms with Crippen molar-refractivity contribution >= 4 is 34.1 Å². The molecule has 1 amide bonds. The van der Waals surface area contributed by atoms with Crippen molar-refractivity contribution in [3.05, 3.63) is 36.5 Å². The van der Waals surface area contributed by atoms with Crippen LogP contribution in [0.15, 0.2) is 36.5 Å². The third kappa shape index (κ3) is 2.46. The van der Waals surface area contributed by atoms with E-state index in [1.807, 2.05) is 44.2 Å². The third-order valence-electron chi connectivity index (χ3n) is 2.83. The smallest absolute Gasteiger partial charge is 0.231 e. The van der Waals surface area contributed by atoms with Gasteiger partial charge in [0, 0.05) is 17.5 Å². The highest BCUT2D eigenvalue weighted by atomic mass is 35.5. The summed E-state index contributed by atoms with van der Waals surface area (Å²) < 4.78 is 0. The number of para-hydroxylation sites is 1. The Morgan fingerprint density at radius 2 is 2.06 bits per heavy atom. The minimum atomic E-state index is -0.599. The average Bonchev–Trinajstić information content (AvgIpc) is 2.39. The first-order valence-electron chi connectivity index (χ1n) is 5.76. The fourth-order valence-electron chi connectivity index (χ4n) is 1.56. The molecule has 94 valence electrons. The van der Waals surface area contributed by atoms with Crippen LogP contribution >= 0.6 is 11.6 Å². The molecule has 1 aromatic heterocycles. The van der Waals surface area contributed by atoms with Crippen molar-refractivity contribution in [3.8, 4) is 0 Å². The molecule has 0 atom stereocenters. The number of nitrogens with one attached hydrogen (secondary N) is 1. The van der Waals surface area contributed by atoms with Crippen LogP contribution in [0.4, 0.5) is 5.69 Å². The molecule has 0 fully saturated rings. The second-order valence-electron chi connectivity index (χ2n) is 4.85. The Hall–Kier alpha value is -1.61. The van der Waals surface area contributed by atoms with Crippen LogP contribution in [0.1, 0.15) is 13.8 Å². The Morgan fingerprint density at radius 1 is 1.33 bits per heavy atom. The van der Waals surface area contributed by atoms with Gasteiger partial charge >= 0.3 is 0 Å². The zero-order valence-corrected chi connectivity index (χ0v) is 11.2. The van der Waals surface area contributed by atoms with Crippen LogP contribution in [0.2, 0.25) is 0 Å². The van der Waals surface area contributed by atoms with Crippen LogP contribution in [0, 0.1) is 5.41 Å². The largest absolute Gasteiger partial charge is 0.324 e. The highest BCUT2D eigenvalue weighted by molar-refractivity contribution is 6.20. The van der Waals surface area contributed by atoms with Crippen LogP contribution in [0.5, 0.6) is 0 Å². The van der Waals surface area contributed by atoms with E-state index in [9.17, 15) is 4.79 Å². The molecule has 0 aliphatic rings. The molecular formula is C14H15ClN2O. The summed E-state index contributed by atoms with van der Waals surface area (Å²) in [6.07, 6.45) is 1.71. The first-order chi connectivity index (χ1) is 8.54. The number of amides is 1. The number of carbonyl (C=O) groups excluding carboxylic acids is 1. The molecule has 0 spiro atoms. The van der Waals surface area contributed by atoms with Gasteiger partial charge in [0.15, 0.2) is 0 Å². The maximum atomic E-state index is 12.1. The monoisotopic (exact) mass is 262 g/mol. The van der Waals surface area contributed by atoms with Gasteiger partial charge in [0.1, 0.15) is 0 Å². The quantitative estimate of drug-likeness (QED) is 0.861. The lowest BCUT2D eigenvalue weighted by Crippen LogP contribution is -2.32. The molecule has 3 nitrogen and oxygen atoms in total. The zero-order valence-electron chi connectivity index (χ0n) is 10.4. The van der Waals surface area contributed by atoms with Crippen LogP contribution in [-0.4, -0.2) is 16.8 Å². The topological polar surface area (TPSA) is 42.0 Å². The Labute approximate surface area is 111 Å². The molecule has 4 heteroatoms. The van der Waals surface area contributed by atoms with Gasteiger partial charge in [-0.3, -0.25) is 9.78 Å². The van der Waals surface area contributed by atoms with Crippen molar-refractivity contribution in [1.29, 1.82) is 0 Å². The lowest BCUT2D eigenvalue weighted by Gasteiger charge is -2.20. The number of aromatic nitrogens is 1. The van der Waals surface area contributed by atoms with Gasteiger partial charge in [0.2, 0.25) is 5.91 Å². The van der Waals surface area contributed by atoms with E-state index in [-0.39, 0.29) is 11.8 Å². The Morgan fingerprint density at radius 3 is 2.78 bits per heavy atom. The van der Waals surface area contributed by atoms with Crippen LogP contribution in [0.3, 0.4) is 0 Å². The van der Waals surface area contributed by atoms with E-state index in [0.29, 0.717) is 0 Å². The van der Waals surface area contributed by atoms with E-state index in [1.165, 1.54) is 0 Å². The van der Waals surface area contributed by atoms with E-state index in [0.717, 1.165) is 16.6 Å². The lowest BCUT2D eigenvalue weighted by molar-refractivity contribution is -0.122. The Kier molecular flexibility index (Phi) is 3.53. The number of hydrogen-bond donors (Lipinski definition) is 1. The maximum absolute atomic E-state index is 12.1. The van der Waals surface area contributed by atoms with Gasteiger partial charge in [0.05, 0.1) is 16.6 Å². The molecule has 0 bridgehead atoms. The summed E-state index contributed by atoms with van der Waals surface area (Å²) in [7, 11) is 0. The van der Waals surface area contributed by atoms with Gasteiger partial charge in [-0.2, -0.15) is 0 Å². The number of carbonyl (C=O) groups is 1. The number of hydrogen-bond acceptors (Lipinski definition) is 2. The van der Waals surface area contributed by atoms with Crippen molar-refractivity contribution in [2.75, 3.05) is 11.2 Å². The fourth-order valence-corrected chi connectivity index (χ4v) is 1.68. The van der Waals surface area contributed by atoms with Crippen LogP contribution < -0.4 is 5.32 Å². The van der Waals surface area contributed by atoms with Crippen molar-refractivity contribution < 1.29 is 4.79 Å². The Bertz CT molecular complexity index is 576. The number of halogens is 1. The summed E-state index contributed by atoms with van der Waals surface area (Å²) in [5, 5.41) is 3.89. The van der Waals surface area contributed by atoms with Gasteiger partial charge in [-0.15, -0.1) is 11.6 Å². The number of nitrogens with zero attached hydrogens (tertiary/aromatic N) is 1. The average molecular weight is 263 g/mol. The van der Waals surface area contributed by atoms with Gasteiger partial charge in [-0.1, -0.05) is 18.2 Å². The van der Waals surface area contributed by atoms with Crippen molar-refractivity contribution in [1.82, 2.24) is 4.98 Å². The molecule has 1 heterocycles. The molecule has 0 aliphatic carbocycles. The SMILES string of the molecule is CC(C)(CCl)C(=O)Nc1cccc2cccnc12. The normalized spacial score (nSPS) is 11.5. The molecule has 0 saturated carbocycles. The molecule has 0 saturated heterocycles. The number of benzene rings is 1. The second kappa shape index (κ2) is 4.94. The highest BCUT2D eigenvalue weighted by Crippen LogP contribution is 2.24. The number of rotatable bonds is 3. The lowest BCUT2D eigenvalue weighted by atomic mass is 9.95. The number of anilines is 1. The standard InChI is InChI=1S/C14H15ClN2O/c1-14(2,9-15)13(18)17-11-7-3-5-10-6-4-8-16-12(10)11/h3-8H,9H2,1-2H3,(H,17,18). The van der Waals surface area contributed by atoms with E-state index in [4.69, 9.17) is 11.6 Å². The first kappa shape index (κ1) is 12.8. The van der Waals surface area contributed by atoms with Crippen molar-refractivity contribution in [2.45, 2.75) is 13.8 Å². The van der Waals surface area contributed by atoms with E-state index in [2.05, 4.69) is 10.3 Å². The number of alkyl halides is 1. The summed E-state index contributed by atoms with van der Waals surface area (Å²) in [5.74, 6) is 0.174. The predicted octanol–water partition coefficient (Wildman–Crippen LogP) is 3.44. The predicted molar refractivity (Wildman–Crippen MR) is 74.9 cm³/mol. The third-order valence-corrected chi connectivity index (χ3v) is 3.50. The summed E-state index contributed by atoms with van der Waals surface area (Å²) in [4.78, 5) is 16.4. The molecule has 2 aromatic rings. The van der Waals surface area contributed by atoms with Crippen LogP contribution in [-0.2, 0) is 4.79 Å². The zero-order chi connectivity index (χ0) is 13.2. The number of pyridine rings is 1. The van der Waals surface area contributed by atoms with Gasteiger partial charge < -0.3 is 5.32 Å². The molecule has 0 aliphatic heterocycles. The minimum Gasteiger partial charge on any atom is -0.324 e. The van der Waals surface area contributed by atoms with Gasteiger partial charge in [-0.25, -0.2) is 0 Å². The van der Waals surface area contributed by atoms with Crippen LogP contribution in [0.25, 0.3) is 10.9 Å². The maximum Gasteiger partial charge on any atom is 0.231 e.